The standard InChI is InChI=1S/C72H138O5/c1-3-5-7-9-11-13-15-17-19-21-23-25-27-29-31-33-35-36-37-39-41-43-45-47-49-51-53-55-57-59-61-63-65-67-72(75)77-70(68-73)69-76-71(74)66-64-62-60-58-56-54-52-50-48-46-44-42-40-38-34-32-30-28-26-24-22-20-18-16-14-12-10-8-6-4-2/h15,17,21,23,70,73H,3-14,16,18-20,22,24-69H2,1-2H3/b17-15-,23-21-. The second-order valence-corrected chi connectivity index (χ2v) is 24.3. The van der Waals surface area contributed by atoms with Crippen LogP contribution in [0.4, 0.5) is 0 Å². The van der Waals surface area contributed by atoms with Crippen LogP contribution >= 0.6 is 0 Å². The Bertz CT molecular complexity index is 1180. The highest BCUT2D eigenvalue weighted by Gasteiger charge is 2.16. The van der Waals surface area contributed by atoms with E-state index in [0.717, 1.165) is 38.5 Å². The molecule has 0 amide bonds. The molecular formula is C72H138O5. The third-order valence-electron chi connectivity index (χ3n) is 16.5. The Kier molecular flexibility index (Phi) is 67.2. The first-order chi connectivity index (χ1) is 38.1. The molecule has 0 aliphatic heterocycles. The number of hydrogen-bond donors (Lipinski definition) is 1. The van der Waals surface area contributed by atoms with Crippen LogP contribution in [0.5, 0.6) is 0 Å². The highest BCUT2D eigenvalue weighted by atomic mass is 16.6. The van der Waals surface area contributed by atoms with Gasteiger partial charge in [-0.15, -0.1) is 0 Å². The van der Waals surface area contributed by atoms with Gasteiger partial charge in [-0.1, -0.05) is 372 Å². The Hall–Kier alpha value is -1.62. The topological polar surface area (TPSA) is 72.8 Å². The fraction of sp³-hybridized carbons (Fsp3) is 0.917. The molecule has 0 aliphatic carbocycles. The first kappa shape index (κ1) is 75.4. The number of rotatable bonds is 67. The lowest BCUT2D eigenvalue weighted by Gasteiger charge is -2.15. The fourth-order valence-electron chi connectivity index (χ4n) is 11.2. The summed E-state index contributed by atoms with van der Waals surface area (Å²) >= 11 is 0. The van der Waals surface area contributed by atoms with E-state index in [2.05, 4.69) is 38.2 Å². The number of esters is 2. The Balaban J connectivity index is 3.37. The molecule has 77 heavy (non-hydrogen) atoms. The molecule has 5 nitrogen and oxygen atoms in total. The number of hydrogen-bond acceptors (Lipinski definition) is 5. The number of allylic oxidation sites excluding steroid dienone is 4. The lowest BCUT2D eigenvalue weighted by atomic mass is 10.0. The van der Waals surface area contributed by atoms with E-state index < -0.39 is 6.10 Å². The molecule has 0 aromatic rings. The van der Waals surface area contributed by atoms with E-state index in [-0.39, 0.29) is 25.2 Å². The van der Waals surface area contributed by atoms with Crippen molar-refractivity contribution < 1.29 is 24.2 Å². The van der Waals surface area contributed by atoms with E-state index in [0.29, 0.717) is 12.8 Å². The number of ether oxygens (including phenoxy) is 2. The van der Waals surface area contributed by atoms with Gasteiger partial charge in [0.05, 0.1) is 6.61 Å². The predicted octanol–water partition coefficient (Wildman–Crippen LogP) is 24.4. The zero-order chi connectivity index (χ0) is 55.5. The van der Waals surface area contributed by atoms with Gasteiger partial charge in [0, 0.05) is 12.8 Å². The number of aliphatic hydroxyl groups is 1. The van der Waals surface area contributed by atoms with Crippen LogP contribution in [0.25, 0.3) is 0 Å². The average Bonchev–Trinajstić information content (AvgIpc) is 3.43. The molecule has 1 N–H and O–H groups in total. The van der Waals surface area contributed by atoms with Crippen LogP contribution in [-0.4, -0.2) is 36.4 Å². The smallest absolute Gasteiger partial charge is 0.306 e. The summed E-state index contributed by atoms with van der Waals surface area (Å²) in [6.45, 7) is 4.20. The normalized spacial score (nSPS) is 12.2. The number of carbonyl (C=O) groups is 2. The maximum Gasteiger partial charge on any atom is 0.306 e. The SMILES string of the molecule is CCCCCCC/C=C\C/C=C\CCCCCCCCCCCCCCCCCCCCCCCC(=O)OC(CO)COC(=O)CCCCCCCCCCCCCCCCCCCCCCCCCCCCCCCC. The summed E-state index contributed by atoms with van der Waals surface area (Å²) < 4.78 is 10.8. The van der Waals surface area contributed by atoms with Crippen LogP contribution < -0.4 is 0 Å². The van der Waals surface area contributed by atoms with E-state index in [1.807, 2.05) is 0 Å². The van der Waals surface area contributed by atoms with E-state index >= 15 is 0 Å². The van der Waals surface area contributed by atoms with E-state index in [1.165, 1.54) is 340 Å². The Morgan fingerprint density at radius 1 is 0.299 bits per heavy atom. The summed E-state index contributed by atoms with van der Waals surface area (Å²) in [4.78, 5) is 24.7. The van der Waals surface area contributed by atoms with Gasteiger partial charge in [-0.05, 0) is 44.9 Å². The van der Waals surface area contributed by atoms with Gasteiger partial charge in [-0.25, -0.2) is 0 Å². The van der Waals surface area contributed by atoms with Crippen molar-refractivity contribution in [3.05, 3.63) is 24.3 Å². The van der Waals surface area contributed by atoms with Crippen LogP contribution in [0.3, 0.4) is 0 Å². The molecule has 456 valence electrons. The van der Waals surface area contributed by atoms with Gasteiger partial charge in [0.15, 0.2) is 6.10 Å². The third kappa shape index (κ3) is 66.8. The highest BCUT2D eigenvalue weighted by molar-refractivity contribution is 5.70. The van der Waals surface area contributed by atoms with Gasteiger partial charge in [0.2, 0.25) is 0 Å². The molecule has 0 saturated heterocycles. The van der Waals surface area contributed by atoms with Crippen molar-refractivity contribution in [3.8, 4) is 0 Å². The summed E-state index contributed by atoms with van der Waals surface area (Å²) in [5, 5.41) is 9.70. The van der Waals surface area contributed by atoms with Crippen molar-refractivity contribution in [2.75, 3.05) is 13.2 Å². The first-order valence-electron chi connectivity index (χ1n) is 35.4. The first-order valence-corrected chi connectivity index (χ1v) is 35.4. The third-order valence-corrected chi connectivity index (χ3v) is 16.5. The molecule has 0 saturated carbocycles. The highest BCUT2D eigenvalue weighted by Crippen LogP contribution is 2.19. The van der Waals surface area contributed by atoms with Gasteiger partial charge in [-0.2, -0.15) is 0 Å². The van der Waals surface area contributed by atoms with E-state index in [1.54, 1.807) is 0 Å². The maximum absolute atomic E-state index is 12.4. The molecule has 0 aromatic carbocycles. The molecule has 0 radical (unpaired) electrons. The largest absolute Gasteiger partial charge is 0.462 e. The molecular weight excluding hydrogens is 945 g/mol. The lowest BCUT2D eigenvalue weighted by molar-refractivity contribution is -0.161. The quantitative estimate of drug-likeness (QED) is 0.0373. The second kappa shape index (κ2) is 68.7. The predicted molar refractivity (Wildman–Crippen MR) is 339 cm³/mol. The van der Waals surface area contributed by atoms with E-state index in [4.69, 9.17) is 9.47 Å². The maximum atomic E-state index is 12.4. The second-order valence-electron chi connectivity index (χ2n) is 24.3. The molecule has 5 heteroatoms. The summed E-state index contributed by atoms with van der Waals surface area (Å²) in [5.41, 5.74) is 0. The van der Waals surface area contributed by atoms with Crippen LogP contribution in [0.2, 0.25) is 0 Å². The van der Waals surface area contributed by atoms with Crippen LogP contribution in [0, 0.1) is 0 Å². The molecule has 1 atom stereocenters. The van der Waals surface area contributed by atoms with Gasteiger partial charge in [0.25, 0.3) is 0 Å². The molecule has 0 aromatic heterocycles. The fourth-order valence-corrected chi connectivity index (χ4v) is 11.2. The van der Waals surface area contributed by atoms with Crippen molar-refractivity contribution in [1.29, 1.82) is 0 Å². The van der Waals surface area contributed by atoms with Gasteiger partial charge >= 0.3 is 11.9 Å². The molecule has 0 fully saturated rings. The average molecular weight is 1080 g/mol. The van der Waals surface area contributed by atoms with Crippen molar-refractivity contribution in [2.24, 2.45) is 0 Å². The Labute approximate surface area is 483 Å². The van der Waals surface area contributed by atoms with Gasteiger partial charge in [0.1, 0.15) is 6.61 Å². The molecule has 1 unspecified atom stereocenters. The zero-order valence-corrected chi connectivity index (χ0v) is 52.5. The van der Waals surface area contributed by atoms with Crippen LogP contribution in [-0.2, 0) is 19.1 Å². The number of carbonyl (C=O) groups excluding carboxylic acids is 2. The van der Waals surface area contributed by atoms with Crippen LogP contribution in [0.15, 0.2) is 24.3 Å². The minimum absolute atomic E-state index is 0.0575. The molecule has 0 aliphatic rings. The van der Waals surface area contributed by atoms with Gasteiger partial charge < -0.3 is 14.6 Å². The zero-order valence-electron chi connectivity index (χ0n) is 52.5. The number of aliphatic hydroxyl groups excluding tert-OH is 1. The minimum Gasteiger partial charge on any atom is -0.462 e. The van der Waals surface area contributed by atoms with Crippen molar-refractivity contribution >= 4 is 11.9 Å². The van der Waals surface area contributed by atoms with Crippen molar-refractivity contribution in [1.82, 2.24) is 0 Å². The van der Waals surface area contributed by atoms with Crippen molar-refractivity contribution in [3.63, 3.8) is 0 Å². The summed E-state index contributed by atoms with van der Waals surface area (Å²) in [6, 6.07) is 0. The molecule has 0 rings (SSSR count). The van der Waals surface area contributed by atoms with E-state index in [9.17, 15) is 14.7 Å². The van der Waals surface area contributed by atoms with Crippen molar-refractivity contribution in [2.45, 2.75) is 412 Å². The molecule has 0 heterocycles. The van der Waals surface area contributed by atoms with Gasteiger partial charge in [-0.3, -0.25) is 9.59 Å². The molecule has 0 spiro atoms. The Morgan fingerprint density at radius 3 is 0.766 bits per heavy atom. The Morgan fingerprint density at radius 2 is 0.519 bits per heavy atom. The summed E-state index contributed by atoms with van der Waals surface area (Å²) in [6.07, 6.45) is 89.4. The minimum atomic E-state index is -0.768. The molecule has 0 bridgehead atoms. The number of unbranched alkanes of at least 4 members (excludes halogenated alkanes) is 55. The summed E-state index contributed by atoms with van der Waals surface area (Å²) in [5.74, 6) is -0.562. The summed E-state index contributed by atoms with van der Waals surface area (Å²) in [7, 11) is 0. The van der Waals surface area contributed by atoms with Crippen LogP contribution in [0.1, 0.15) is 406 Å². The monoisotopic (exact) mass is 1080 g/mol. The lowest BCUT2D eigenvalue weighted by Crippen LogP contribution is -2.28.